The minimum Gasteiger partial charge on any atom is -0.493 e. The van der Waals surface area contributed by atoms with Crippen molar-refractivity contribution in [1.29, 1.82) is 0 Å². The summed E-state index contributed by atoms with van der Waals surface area (Å²) in [4.78, 5) is 18.7. The Labute approximate surface area is 206 Å². The highest BCUT2D eigenvalue weighted by Crippen LogP contribution is 2.35. The lowest BCUT2D eigenvalue weighted by molar-refractivity contribution is -0.136. The maximum absolute atomic E-state index is 13.5. The average molecular weight is 489 g/mol. The van der Waals surface area contributed by atoms with Crippen LogP contribution in [0.3, 0.4) is 0 Å². The molecule has 0 spiro atoms. The van der Waals surface area contributed by atoms with Crippen molar-refractivity contribution in [3.63, 3.8) is 0 Å². The molecule has 0 aliphatic carbocycles. The summed E-state index contributed by atoms with van der Waals surface area (Å²) in [5, 5.41) is 12.4. The summed E-state index contributed by atoms with van der Waals surface area (Å²) in [6, 6.07) is 9.48. The molecule has 3 rings (SSSR count). The van der Waals surface area contributed by atoms with Crippen molar-refractivity contribution in [3.8, 4) is 11.5 Å². The number of hydrogen-bond acceptors (Lipinski definition) is 7. The van der Waals surface area contributed by atoms with Gasteiger partial charge < -0.3 is 24.2 Å². The fourth-order valence-corrected chi connectivity index (χ4v) is 5.18. The molecule has 1 aliphatic rings. The number of nitrogens with zero attached hydrogens (tertiary/aromatic N) is 2. The Morgan fingerprint density at radius 2 is 2.15 bits per heavy atom. The standard InChI is InChI=1S/C26H36N2O5S/c1-4-12-27(16-20(29)18-32-14-5-2)17-26(30)28-13-10-25-21(11-15-34-25)22(28)19-33-24-9-7-6-8-23(24)31-3/h5-9,11,15,20,22,29H,2,4,10,12-14,16-19H2,1,3H3. The molecule has 1 aromatic carbocycles. The Kier molecular flexibility index (Phi) is 10.4. The number of hydrogen-bond donors (Lipinski definition) is 1. The molecular formula is C26H36N2O5S. The second-order valence-electron chi connectivity index (χ2n) is 8.33. The molecular weight excluding hydrogens is 452 g/mol. The van der Waals surface area contributed by atoms with Crippen LogP contribution in [-0.4, -0.2) is 80.0 Å². The molecule has 0 radical (unpaired) electrons. The molecule has 2 atom stereocenters. The largest absolute Gasteiger partial charge is 0.493 e. The summed E-state index contributed by atoms with van der Waals surface area (Å²) >= 11 is 1.73. The van der Waals surface area contributed by atoms with Crippen molar-refractivity contribution in [2.24, 2.45) is 0 Å². The van der Waals surface area contributed by atoms with Crippen LogP contribution < -0.4 is 9.47 Å². The number of aliphatic hydroxyl groups excluding tert-OH is 1. The number of benzene rings is 1. The number of ether oxygens (including phenoxy) is 3. The molecule has 2 unspecified atom stereocenters. The van der Waals surface area contributed by atoms with E-state index in [1.807, 2.05) is 34.1 Å². The molecule has 0 saturated heterocycles. The van der Waals surface area contributed by atoms with Gasteiger partial charge in [-0.1, -0.05) is 25.1 Å². The molecule has 8 heteroatoms. The van der Waals surface area contributed by atoms with Gasteiger partial charge in [-0.25, -0.2) is 0 Å². The van der Waals surface area contributed by atoms with Crippen LogP contribution in [0, 0.1) is 0 Å². The van der Waals surface area contributed by atoms with Crippen molar-refractivity contribution in [2.45, 2.75) is 31.9 Å². The number of thiophene rings is 1. The van der Waals surface area contributed by atoms with Crippen LogP contribution in [0.25, 0.3) is 0 Å². The van der Waals surface area contributed by atoms with Crippen LogP contribution in [0.1, 0.15) is 29.8 Å². The predicted octanol–water partition coefficient (Wildman–Crippen LogP) is 3.54. The molecule has 2 aromatic rings. The first-order valence-electron chi connectivity index (χ1n) is 11.8. The van der Waals surface area contributed by atoms with Gasteiger partial charge in [-0.15, -0.1) is 17.9 Å². The maximum atomic E-state index is 13.5. The van der Waals surface area contributed by atoms with Gasteiger partial charge >= 0.3 is 0 Å². The molecule has 2 heterocycles. The summed E-state index contributed by atoms with van der Waals surface area (Å²) in [5.41, 5.74) is 1.15. The molecule has 0 saturated carbocycles. The van der Waals surface area contributed by atoms with Crippen LogP contribution in [0.2, 0.25) is 0 Å². The predicted molar refractivity (Wildman–Crippen MR) is 135 cm³/mol. The number of methoxy groups -OCH3 is 1. The van der Waals surface area contributed by atoms with E-state index in [1.165, 1.54) is 4.88 Å². The molecule has 7 nitrogen and oxygen atoms in total. The van der Waals surface area contributed by atoms with Gasteiger partial charge in [-0.05, 0) is 48.5 Å². The van der Waals surface area contributed by atoms with E-state index in [4.69, 9.17) is 14.2 Å². The van der Waals surface area contributed by atoms with E-state index in [1.54, 1.807) is 24.5 Å². The van der Waals surface area contributed by atoms with Gasteiger partial charge in [0.15, 0.2) is 11.5 Å². The van der Waals surface area contributed by atoms with E-state index in [-0.39, 0.29) is 25.1 Å². The van der Waals surface area contributed by atoms with Crippen molar-refractivity contribution < 1.29 is 24.1 Å². The summed E-state index contributed by atoms with van der Waals surface area (Å²) < 4.78 is 16.9. The Hall–Kier alpha value is -2.39. The minimum atomic E-state index is -0.659. The SMILES string of the molecule is C=CCOCC(O)CN(CCC)CC(=O)N1CCc2sccc2C1COc1ccccc1OC. The smallest absolute Gasteiger partial charge is 0.237 e. The molecule has 34 heavy (non-hydrogen) atoms. The zero-order valence-electron chi connectivity index (χ0n) is 20.2. The molecule has 0 bridgehead atoms. The van der Waals surface area contributed by atoms with Crippen LogP contribution in [0.15, 0.2) is 48.4 Å². The number of carbonyl (C=O) groups is 1. The van der Waals surface area contributed by atoms with E-state index >= 15 is 0 Å². The number of amides is 1. The van der Waals surface area contributed by atoms with E-state index in [9.17, 15) is 9.90 Å². The molecule has 1 aliphatic heterocycles. The molecule has 1 amide bonds. The zero-order chi connectivity index (χ0) is 24.3. The highest BCUT2D eigenvalue weighted by atomic mass is 32.1. The monoisotopic (exact) mass is 488 g/mol. The average Bonchev–Trinajstić information content (AvgIpc) is 3.32. The maximum Gasteiger partial charge on any atom is 0.237 e. The van der Waals surface area contributed by atoms with Gasteiger partial charge in [0, 0.05) is 18.0 Å². The Balaban J connectivity index is 1.69. The third kappa shape index (κ3) is 7.06. The fourth-order valence-electron chi connectivity index (χ4n) is 4.25. The van der Waals surface area contributed by atoms with Crippen molar-refractivity contribution in [2.75, 3.05) is 53.1 Å². The van der Waals surface area contributed by atoms with Gasteiger partial charge in [-0.3, -0.25) is 9.69 Å². The zero-order valence-corrected chi connectivity index (χ0v) is 21.0. The van der Waals surface area contributed by atoms with Gasteiger partial charge in [0.25, 0.3) is 0 Å². The van der Waals surface area contributed by atoms with Crippen LogP contribution >= 0.6 is 11.3 Å². The number of aliphatic hydroxyl groups is 1. The van der Waals surface area contributed by atoms with E-state index in [2.05, 4.69) is 24.9 Å². The number of fused-ring (bicyclic) bond motifs is 1. The first-order valence-corrected chi connectivity index (χ1v) is 12.7. The van der Waals surface area contributed by atoms with Crippen molar-refractivity contribution in [1.82, 2.24) is 9.80 Å². The van der Waals surface area contributed by atoms with Crippen molar-refractivity contribution >= 4 is 17.2 Å². The first-order chi connectivity index (χ1) is 16.6. The molecule has 1 N–H and O–H groups in total. The lowest BCUT2D eigenvalue weighted by atomic mass is 10.0. The number of rotatable bonds is 14. The van der Waals surface area contributed by atoms with Gasteiger partial charge in [0.05, 0.1) is 39.0 Å². The molecule has 186 valence electrons. The van der Waals surface area contributed by atoms with Crippen LogP contribution in [0.4, 0.5) is 0 Å². The minimum absolute atomic E-state index is 0.0399. The van der Waals surface area contributed by atoms with Gasteiger partial charge in [-0.2, -0.15) is 0 Å². The Bertz CT molecular complexity index is 918. The summed E-state index contributed by atoms with van der Waals surface area (Å²) in [5.74, 6) is 1.37. The van der Waals surface area contributed by atoms with Gasteiger partial charge in [0.1, 0.15) is 6.61 Å². The van der Waals surface area contributed by atoms with E-state index < -0.39 is 6.10 Å². The first kappa shape index (κ1) is 26.2. The lowest BCUT2D eigenvalue weighted by Gasteiger charge is -2.37. The molecule has 0 fully saturated rings. The Morgan fingerprint density at radius 1 is 1.35 bits per heavy atom. The fraction of sp³-hybridized carbons (Fsp3) is 0.500. The summed E-state index contributed by atoms with van der Waals surface area (Å²) in [7, 11) is 1.62. The Morgan fingerprint density at radius 3 is 2.88 bits per heavy atom. The second-order valence-corrected chi connectivity index (χ2v) is 9.33. The van der Waals surface area contributed by atoms with E-state index in [0.29, 0.717) is 37.8 Å². The van der Waals surface area contributed by atoms with Crippen LogP contribution in [0.5, 0.6) is 11.5 Å². The lowest BCUT2D eigenvalue weighted by Crippen LogP contribution is -2.48. The highest BCUT2D eigenvalue weighted by molar-refractivity contribution is 7.10. The normalized spacial score (nSPS) is 16.2. The van der Waals surface area contributed by atoms with Crippen molar-refractivity contribution in [3.05, 3.63) is 58.8 Å². The van der Waals surface area contributed by atoms with Crippen LogP contribution in [-0.2, 0) is 16.0 Å². The third-order valence-electron chi connectivity index (χ3n) is 5.79. The quantitative estimate of drug-likeness (QED) is 0.324. The third-order valence-corrected chi connectivity index (χ3v) is 6.79. The summed E-state index contributed by atoms with van der Waals surface area (Å²) in [6.07, 6.45) is 2.73. The highest BCUT2D eigenvalue weighted by Gasteiger charge is 2.33. The number of para-hydroxylation sites is 2. The number of carbonyl (C=O) groups excluding carboxylic acids is 1. The summed E-state index contributed by atoms with van der Waals surface area (Å²) in [6.45, 7) is 8.66. The topological polar surface area (TPSA) is 71.5 Å². The van der Waals surface area contributed by atoms with E-state index in [0.717, 1.165) is 24.9 Å². The van der Waals surface area contributed by atoms with Gasteiger partial charge in [0.2, 0.25) is 5.91 Å². The molecule has 1 aromatic heterocycles. The second kappa shape index (κ2) is 13.5.